The molecule has 3 nitrogen and oxygen atoms in total. The van der Waals surface area contributed by atoms with Crippen LogP contribution in [0.25, 0.3) is 0 Å². The van der Waals surface area contributed by atoms with Crippen molar-refractivity contribution in [1.82, 2.24) is 6.15 Å². The van der Waals surface area contributed by atoms with E-state index in [1.165, 1.54) is 0 Å². The molecule has 0 aliphatic rings. The molecule has 0 saturated heterocycles. The Labute approximate surface area is 62.9 Å². The average Bonchev–Trinajstić information content (AvgIpc) is 0.918. The predicted molar refractivity (Wildman–Crippen MR) is 21.7 cm³/mol. The van der Waals surface area contributed by atoms with Crippen LogP contribution in [0, 0.1) is 0 Å². The first kappa shape index (κ1) is 17.3. The van der Waals surface area contributed by atoms with Crippen LogP contribution in [0.15, 0.2) is 0 Å². The second kappa shape index (κ2) is 22.4. The Morgan fingerprint density at radius 3 is 1.80 bits per heavy atom. The van der Waals surface area contributed by atoms with Crippen molar-refractivity contribution in [3.8, 4) is 0 Å². The van der Waals surface area contributed by atoms with Crippen LogP contribution in [0.3, 0.4) is 0 Å². The Morgan fingerprint density at radius 1 is 1.80 bits per heavy atom. The van der Waals surface area contributed by atoms with Gasteiger partial charge < -0.3 is 14.1 Å². The van der Waals surface area contributed by atoms with Crippen molar-refractivity contribution in [3.63, 3.8) is 0 Å². The molecule has 0 radical (unpaired) electrons. The van der Waals surface area contributed by atoms with E-state index >= 15 is 0 Å². The van der Waals surface area contributed by atoms with E-state index in [4.69, 9.17) is 9.90 Å². The van der Waals surface area contributed by atoms with Gasteiger partial charge in [-0.25, -0.2) is 0 Å². The first-order valence-electron chi connectivity index (χ1n) is 0.494. The van der Waals surface area contributed by atoms with Crippen molar-refractivity contribution in [1.29, 1.82) is 0 Å². The van der Waals surface area contributed by atoms with E-state index in [-0.39, 0.29) is 53.2 Å². The van der Waals surface area contributed by atoms with Crippen LogP contribution >= 0.6 is 0 Å². The second-order valence-electron chi connectivity index (χ2n) is 0.105. The molecular weight excluding hydrogens is 98.1 g/mol. The van der Waals surface area contributed by atoms with Gasteiger partial charge >= 0.3 is 37.7 Å². The predicted octanol–water partition coefficient (Wildman–Crippen LogP) is -0.293. The Morgan fingerprint density at radius 2 is 1.80 bits per heavy atom. The van der Waals surface area contributed by atoms with Gasteiger partial charge in [-0.05, 0) is 0 Å². The Bertz CT molecular complexity index is 23.2. The molecule has 0 spiro atoms. The first-order valence-corrected chi connectivity index (χ1v) is 0.494. The third-order valence-electron chi connectivity index (χ3n) is 0. The van der Waals surface area contributed by atoms with Gasteiger partial charge in [-0.1, -0.05) is 0 Å². The topological polar surface area (TPSA) is 72.3 Å². The van der Waals surface area contributed by atoms with Crippen LogP contribution in [0.1, 0.15) is 2.85 Å². The number of hydrogen-bond donors (Lipinski definition) is 2. The van der Waals surface area contributed by atoms with Gasteiger partial charge in [-0.15, -0.1) is 0 Å². The third kappa shape index (κ3) is 71.3. The van der Waals surface area contributed by atoms with Crippen molar-refractivity contribution >= 4 is 44.2 Å². The van der Waals surface area contributed by atoms with Gasteiger partial charge in [0.15, 0.2) is 0 Å². The molecular formula is CH7CaNO2. The van der Waals surface area contributed by atoms with E-state index in [0.717, 1.165) is 0 Å². The zero-order chi connectivity index (χ0) is 2.71. The van der Waals surface area contributed by atoms with Crippen molar-refractivity contribution in [2.24, 2.45) is 0 Å². The molecule has 0 aromatic heterocycles. The Balaban J connectivity index is -0.00000000333. The van der Waals surface area contributed by atoms with Crippen molar-refractivity contribution in [2.75, 3.05) is 0 Å². The summed E-state index contributed by atoms with van der Waals surface area (Å²) in [7, 11) is 0. The summed E-state index contributed by atoms with van der Waals surface area (Å²) in [6, 6.07) is 0. The summed E-state index contributed by atoms with van der Waals surface area (Å²) in [5.41, 5.74) is 0. The fraction of sp³-hybridized carbons (Fsp3) is 0. The van der Waals surface area contributed by atoms with Gasteiger partial charge in [0.05, 0.1) is 0 Å². The molecule has 0 unspecified atom stereocenters. The van der Waals surface area contributed by atoms with Crippen molar-refractivity contribution in [2.45, 2.75) is 0 Å². The minimum atomic E-state index is -0.250. The van der Waals surface area contributed by atoms with Gasteiger partial charge in [0, 0.05) is 0 Å². The van der Waals surface area contributed by atoms with Gasteiger partial charge in [0.25, 0.3) is 6.47 Å². The SMILES string of the molecule is N.O=CO.[Ca+2].[H-].[H-]. The van der Waals surface area contributed by atoms with Crippen molar-refractivity contribution < 1.29 is 12.8 Å². The number of rotatable bonds is 0. The molecule has 30 valence electrons. The maximum absolute atomic E-state index is 8.36. The molecule has 0 aromatic carbocycles. The molecule has 4 N–H and O–H groups in total. The van der Waals surface area contributed by atoms with E-state index in [2.05, 4.69) is 0 Å². The summed E-state index contributed by atoms with van der Waals surface area (Å²) in [5, 5.41) is 6.89. The summed E-state index contributed by atoms with van der Waals surface area (Å²) in [6.45, 7) is -0.250. The quantitative estimate of drug-likeness (QED) is 0.328. The molecule has 5 heavy (non-hydrogen) atoms. The van der Waals surface area contributed by atoms with E-state index in [1.807, 2.05) is 0 Å². The normalized spacial score (nSPS) is 2.40. The third-order valence-corrected chi connectivity index (χ3v) is 0. The van der Waals surface area contributed by atoms with Crippen LogP contribution in [-0.4, -0.2) is 49.3 Å². The molecule has 4 heteroatoms. The van der Waals surface area contributed by atoms with Crippen LogP contribution in [0.5, 0.6) is 0 Å². The molecule has 0 aliphatic heterocycles. The van der Waals surface area contributed by atoms with Crippen molar-refractivity contribution in [3.05, 3.63) is 0 Å². The Hall–Kier alpha value is 0.690. The summed E-state index contributed by atoms with van der Waals surface area (Å²) < 4.78 is 0. The van der Waals surface area contributed by atoms with Gasteiger partial charge in [0.2, 0.25) is 0 Å². The molecule has 0 amide bonds. The van der Waals surface area contributed by atoms with Crippen LogP contribution in [0.2, 0.25) is 0 Å². The maximum Gasteiger partial charge on any atom is 2.00 e. The molecule has 0 atom stereocenters. The summed E-state index contributed by atoms with van der Waals surface area (Å²) in [6.07, 6.45) is 0. The zero-order valence-electron chi connectivity index (χ0n) is 4.85. The molecule has 0 heterocycles. The largest absolute Gasteiger partial charge is 2.00 e. The van der Waals surface area contributed by atoms with Gasteiger partial charge in [-0.3, -0.25) is 4.79 Å². The first-order chi connectivity index (χ1) is 1.41. The monoisotopic (exact) mass is 105 g/mol. The standard InChI is InChI=1S/CH2O2.Ca.H3N.2H/c2-1-3;;;;/h1H,(H,2,3);;1H3;;/q;+2;;2*-1. The number of carboxylic acid groups (broad SMARTS) is 1. The summed E-state index contributed by atoms with van der Waals surface area (Å²) in [4.78, 5) is 8.36. The number of carbonyl (C=O) groups is 1. The summed E-state index contributed by atoms with van der Waals surface area (Å²) in [5.74, 6) is 0. The maximum atomic E-state index is 8.36. The molecule has 0 aliphatic carbocycles. The fourth-order valence-corrected chi connectivity index (χ4v) is 0. The van der Waals surface area contributed by atoms with Gasteiger partial charge in [-0.2, -0.15) is 0 Å². The Kier molecular flexibility index (Phi) is 77.4. The minimum Gasteiger partial charge on any atom is -1.00 e. The smallest absolute Gasteiger partial charge is 1.00 e. The molecule has 0 aromatic rings. The van der Waals surface area contributed by atoms with E-state index in [0.29, 0.717) is 0 Å². The van der Waals surface area contributed by atoms with Crippen LogP contribution < -0.4 is 6.15 Å². The molecule has 0 rings (SSSR count). The van der Waals surface area contributed by atoms with E-state index in [1.54, 1.807) is 0 Å². The number of hydrogen-bond acceptors (Lipinski definition) is 2. The second-order valence-corrected chi connectivity index (χ2v) is 0.105. The van der Waals surface area contributed by atoms with Gasteiger partial charge in [0.1, 0.15) is 0 Å². The van der Waals surface area contributed by atoms with E-state index in [9.17, 15) is 0 Å². The fourth-order valence-electron chi connectivity index (χ4n) is 0. The van der Waals surface area contributed by atoms with Crippen LogP contribution in [-0.2, 0) is 4.79 Å². The molecule has 0 saturated carbocycles. The molecule has 0 bridgehead atoms. The summed E-state index contributed by atoms with van der Waals surface area (Å²) >= 11 is 0. The minimum absolute atomic E-state index is 0. The molecule has 0 fully saturated rings. The van der Waals surface area contributed by atoms with E-state index < -0.39 is 0 Å². The van der Waals surface area contributed by atoms with Crippen LogP contribution in [0.4, 0.5) is 0 Å². The average molecular weight is 105 g/mol. The zero-order valence-corrected chi connectivity index (χ0v) is 5.06.